The fourth-order valence-electron chi connectivity index (χ4n) is 10.6. The van der Waals surface area contributed by atoms with Gasteiger partial charge in [-0.1, -0.05) is 24.3 Å². The van der Waals surface area contributed by atoms with E-state index in [9.17, 15) is 0 Å². The van der Waals surface area contributed by atoms with E-state index in [1.54, 1.807) is 0 Å². The molecule has 0 aliphatic rings. The maximum absolute atomic E-state index is 2.52. The van der Waals surface area contributed by atoms with Crippen molar-refractivity contribution in [2.24, 2.45) is 0 Å². The second kappa shape index (κ2) is 15.5. The third-order valence-corrected chi connectivity index (χ3v) is 16.0. The summed E-state index contributed by atoms with van der Waals surface area (Å²) in [6.07, 6.45) is 0. The summed E-state index contributed by atoms with van der Waals surface area (Å²) < 4.78 is 2.90. The molecule has 13 aromatic rings. The van der Waals surface area contributed by atoms with Crippen LogP contribution >= 0.6 is 0 Å². The molecule has 0 spiro atoms. The van der Waals surface area contributed by atoms with E-state index < -0.39 is 0 Å². The van der Waals surface area contributed by atoms with Crippen molar-refractivity contribution in [2.75, 3.05) is 0 Å². The van der Waals surface area contributed by atoms with Crippen molar-refractivity contribution in [3.8, 4) is 66.8 Å². The van der Waals surface area contributed by atoms with Crippen molar-refractivity contribution in [1.29, 1.82) is 0 Å². The average Bonchev–Trinajstić information content (AvgIpc) is 3.76. The Morgan fingerprint density at radius 1 is 0.200 bits per heavy atom. The van der Waals surface area contributed by atoms with Crippen LogP contribution in [0.5, 0.6) is 0 Å². The molecule has 1 heteroatoms. The molecule has 0 unspecified atom stereocenters. The van der Waals surface area contributed by atoms with Crippen LogP contribution in [0.3, 0.4) is 0 Å². The molecule has 0 aliphatic carbocycles. The molecule has 302 valence electrons. The van der Waals surface area contributed by atoms with Crippen LogP contribution in [-0.4, -0.2) is 14.5 Å². The monoisotopic (exact) mass is 888 g/mol. The van der Waals surface area contributed by atoms with Crippen molar-refractivity contribution < 1.29 is 0 Å². The van der Waals surface area contributed by atoms with Crippen LogP contribution in [0.25, 0.3) is 129 Å². The first-order chi connectivity index (χ1) is 32.3. The molecule has 0 amide bonds. The number of rotatable bonds is 6. The van der Waals surface area contributed by atoms with Gasteiger partial charge in [-0.05, 0) is 0 Å². The summed E-state index contributed by atoms with van der Waals surface area (Å²) in [6, 6.07) is 90.1. The third-order valence-electron chi connectivity index (χ3n) is 13.4. The molecular weight excluding hydrogens is 848 g/mol. The SMILES string of the molecule is c1ccc(-c2cccc(-c3c4ccccc4c(-c4ccc5c(c4)[se]c4c(-c6c7ccccc7c(-c7cccc(-c8ccccc8)c7)c7ccccc67)cccc45)c4ccccc34)c2)cc1. The standard InChI is InChI=1S/C64H40Se/c1-3-18-41(19-4-1)43-22-15-24-45(38-43)60-49-26-7-9-28-51(49)62(52-29-10-8-27-50(52)60)47-36-37-48-57-34-17-35-58(64(57)65-59(48)40-47)63-55-32-13-11-30-53(55)61(54-31-12-14-33-56(54)63)46-25-16-23-44(39-46)42-20-5-2-6-21-42/h1-40H. The van der Waals surface area contributed by atoms with Gasteiger partial charge in [-0.15, -0.1) is 0 Å². The minimum absolute atomic E-state index is 0.0889. The molecule has 0 radical (unpaired) electrons. The molecular formula is C64H40Se. The smallest absolute Gasteiger partial charge is 0.0617 e. The molecule has 0 nitrogen and oxygen atoms in total. The van der Waals surface area contributed by atoms with Gasteiger partial charge in [0, 0.05) is 0 Å². The minimum atomic E-state index is 0.0889. The Labute approximate surface area is 384 Å². The number of hydrogen-bond acceptors (Lipinski definition) is 0. The van der Waals surface area contributed by atoms with Gasteiger partial charge < -0.3 is 0 Å². The zero-order chi connectivity index (χ0) is 42.8. The Morgan fingerprint density at radius 3 is 0.985 bits per heavy atom. The first kappa shape index (κ1) is 37.7. The van der Waals surface area contributed by atoms with Crippen molar-refractivity contribution in [3.63, 3.8) is 0 Å². The summed E-state index contributed by atoms with van der Waals surface area (Å²) in [4.78, 5) is 0. The van der Waals surface area contributed by atoms with E-state index in [1.165, 1.54) is 129 Å². The van der Waals surface area contributed by atoms with Gasteiger partial charge in [0.05, 0.1) is 0 Å². The van der Waals surface area contributed by atoms with Crippen LogP contribution < -0.4 is 0 Å². The zero-order valence-electron chi connectivity index (χ0n) is 35.5. The predicted octanol–water partition coefficient (Wildman–Crippen LogP) is 17.7. The maximum atomic E-state index is 2.52. The van der Waals surface area contributed by atoms with Crippen LogP contribution in [-0.2, 0) is 0 Å². The van der Waals surface area contributed by atoms with Gasteiger partial charge in [0.2, 0.25) is 0 Å². The van der Waals surface area contributed by atoms with E-state index in [0.29, 0.717) is 0 Å². The van der Waals surface area contributed by atoms with E-state index in [0.717, 1.165) is 0 Å². The van der Waals surface area contributed by atoms with E-state index in [4.69, 9.17) is 0 Å². The van der Waals surface area contributed by atoms with Crippen LogP contribution in [0.4, 0.5) is 0 Å². The first-order valence-corrected chi connectivity index (χ1v) is 24.1. The number of fused-ring (bicyclic) bond motifs is 7. The molecule has 65 heavy (non-hydrogen) atoms. The molecule has 0 saturated heterocycles. The van der Waals surface area contributed by atoms with Crippen molar-refractivity contribution in [3.05, 3.63) is 243 Å². The molecule has 0 bridgehead atoms. The summed E-state index contributed by atoms with van der Waals surface area (Å²) >= 11 is 0.0889. The molecule has 0 fully saturated rings. The topological polar surface area (TPSA) is 0 Å². The van der Waals surface area contributed by atoms with Crippen LogP contribution in [0.1, 0.15) is 0 Å². The summed E-state index contributed by atoms with van der Waals surface area (Å²) in [5, 5.41) is 13.0. The Morgan fingerprint density at radius 2 is 0.538 bits per heavy atom. The van der Waals surface area contributed by atoms with Crippen LogP contribution in [0.15, 0.2) is 243 Å². The number of benzene rings is 12. The Kier molecular flexibility index (Phi) is 8.98. The molecule has 1 aromatic heterocycles. The fraction of sp³-hybridized carbons (Fsp3) is 0. The Bertz CT molecular complexity index is 3870. The Hall–Kier alpha value is -7.80. The molecule has 12 aromatic carbocycles. The molecule has 0 N–H and O–H groups in total. The molecule has 13 rings (SSSR count). The predicted molar refractivity (Wildman–Crippen MR) is 281 cm³/mol. The van der Waals surface area contributed by atoms with E-state index in [1.807, 2.05) is 0 Å². The average molecular weight is 888 g/mol. The second-order valence-electron chi connectivity index (χ2n) is 17.1. The van der Waals surface area contributed by atoms with Gasteiger partial charge >= 0.3 is 362 Å². The number of hydrogen-bond donors (Lipinski definition) is 0. The van der Waals surface area contributed by atoms with E-state index in [-0.39, 0.29) is 14.5 Å². The quantitative estimate of drug-likeness (QED) is 0.115. The molecule has 0 saturated carbocycles. The Balaban J connectivity index is 1.00. The second-order valence-corrected chi connectivity index (χ2v) is 19.3. The zero-order valence-corrected chi connectivity index (χ0v) is 37.2. The fourth-order valence-corrected chi connectivity index (χ4v) is 13.2. The van der Waals surface area contributed by atoms with Crippen molar-refractivity contribution >= 4 is 76.9 Å². The third kappa shape index (κ3) is 6.20. The first-order valence-electron chi connectivity index (χ1n) is 22.4. The van der Waals surface area contributed by atoms with Gasteiger partial charge in [0.15, 0.2) is 0 Å². The summed E-state index contributed by atoms with van der Waals surface area (Å²) in [6.45, 7) is 0. The van der Waals surface area contributed by atoms with Gasteiger partial charge in [-0.2, -0.15) is 0 Å². The molecule has 1 heterocycles. The summed E-state index contributed by atoms with van der Waals surface area (Å²) in [7, 11) is 0. The normalized spacial score (nSPS) is 11.7. The van der Waals surface area contributed by atoms with E-state index >= 15 is 0 Å². The minimum Gasteiger partial charge on any atom is -0.0617 e. The van der Waals surface area contributed by atoms with Crippen LogP contribution in [0.2, 0.25) is 0 Å². The van der Waals surface area contributed by atoms with Gasteiger partial charge in [-0.25, -0.2) is 0 Å². The van der Waals surface area contributed by atoms with Crippen molar-refractivity contribution in [1.82, 2.24) is 0 Å². The molecule has 0 atom stereocenters. The summed E-state index contributed by atoms with van der Waals surface area (Å²) in [5.41, 5.74) is 15.2. The van der Waals surface area contributed by atoms with Gasteiger partial charge in [-0.3, -0.25) is 0 Å². The van der Waals surface area contributed by atoms with Crippen LogP contribution in [0, 0.1) is 0 Å². The van der Waals surface area contributed by atoms with Gasteiger partial charge in [0.1, 0.15) is 0 Å². The molecule has 0 aliphatic heterocycles. The summed E-state index contributed by atoms with van der Waals surface area (Å²) in [5.74, 6) is 0. The van der Waals surface area contributed by atoms with Gasteiger partial charge in [0.25, 0.3) is 0 Å². The van der Waals surface area contributed by atoms with Crippen molar-refractivity contribution in [2.45, 2.75) is 0 Å². The van der Waals surface area contributed by atoms with E-state index in [2.05, 4.69) is 243 Å².